The molecule has 29 heavy (non-hydrogen) atoms. The molecule has 0 aromatic heterocycles. The van der Waals surface area contributed by atoms with Crippen LogP contribution in [0.25, 0.3) is 0 Å². The third kappa shape index (κ3) is 4.17. The summed E-state index contributed by atoms with van der Waals surface area (Å²) in [7, 11) is 0. The summed E-state index contributed by atoms with van der Waals surface area (Å²) in [5, 5.41) is 3.52. The Morgan fingerprint density at radius 3 is 2.41 bits per heavy atom. The van der Waals surface area contributed by atoms with Crippen molar-refractivity contribution in [2.75, 3.05) is 5.32 Å². The van der Waals surface area contributed by atoms with Crippen LogP contribution in [0.5, 0.6) is 0 Å². The normalized spacial score (nSPS) is 13.9. The number of benzene rings is 3. The van der Waals surface area contributed by atoms with Gasteiger partial charge in [0.1, 0.15) is 0 Å². The monoisotopic (exact) mass is 404 g/mol. The molecule has 3 aromatic carbocycles. The minimum atomic E-state index is -0.345. The van der Waals surface area contributed by atoms with Crippen molar-refractivity contribution in [2.24, 2.45) is 0 Å². The van der Waals surface area contributed by atoms with Crippen molar-refractivity contribution >= 4 is 29.1 Å². The smallest absolute Gasteiger partial charge is 0.255 e. The highest BCUT2D eigenvalue weighted by Crippen LogP contribution is 2.33. The molecule has 4 nitrogen and oxygen atoms in total. The van der Waals surface area contributed by atoms with Gasteiger partial charge in [-0.05, 0) is 48.4 Å². The van der Waals surface area contributed by atoms with Gasteiger partial charge < -0.3 is 10.2 Å². The van der Waals surface area contributed by atoms with Gasteiger partial charge in [0, 0.05) is 22.8 Å². The van der Waals surface area contributed by atoms with Crippen molar-refractivity contribution in [1.82, 2.24) is 4.90 Å². The van der Waals surface area contributed by atoms with Crippen LogP contribution in [0.3, 0.4) is 0 Å². The van der Waals surface area contributed by atoms with E-state index in [0.29, 0.717) is 22.8 Å². The molecule has 5 heteroatoms. The summed E-state index contributed by atoms with van der Waals surface area (Å²) in [5.41, 5.74) is 4.46. The van der Waals surface area contributed by atoms with Crippen LogP contribution in [0.4, 0.5) is 5.69 Å². The summed E-state index contributed by atoms with van der Waals surface area (Å²) < 4.78 is 0. The van der Waals surface area contributed by atoms with Crippen LogP contribution in [-0.2, 0) is 11.3 Å². The lowest BCUT2D eigenvalue weighted by Gasteiger charge is -2.28. The number of carbonyl (C=O) groups is 2. The van der Waals surface area contributed by atoms with Crippen molar-refractivity contribution < 1.29 is 9.59 Å². The second-order valence-corrected chi connectivity index (χ2v) is 7.71. The minimum Gasteiger partial charge on any atom is -0.327 e. The third-order valence-corrected chi connectivity index (χ3v) is 5.45. The maximum absolute atomic E-state index is 13.0. The zero-order chi connectivity index (χ0) is 20.4. The van der Waals surface area contributed by atoms with Gasteiger partial charge in [-0.1, -0.05) is 59.6 Å². The fraction of sp³-hybridized carbons (Fsp3) is 0.167. The van der Waals surface area contributed by atoms with Crippen LogP contribution >= 0.6 is 11.6 Å². The lowest BCUT2D eigenvalue weighted by Crippen LogP contribution is -2.32. The molecule has 0 saturated heterocycles. The molecule has 0 radical (unpaired) electrons. The summed E-state index contributed by atoms with van der Waals surface area (Å²) in [6, 6.07) is 22.3. The highest BCUT2D eigenvalue weighted by atomic mass is 35.5. The molecule has 1 aliphatic heterocycles. The van der Waals surface area contributed by atoms with Crippen LogP contribution in [0, 0.1) is 6.92 Å². The molecule has 3 aromatic rings. The van der Waals surface area contributed by atoms with E-state index in [9.17, 15) is 9.59 Å². The van der Waals surface area contributed by atoms with Crippen LogP contribution < -0.4 is 5.32 Å². The molecule has 146 valence electrons. The van der Waals surface area contributed by atoms with Gasteiger partial charge in [-0.3, -0.25) is 9.59 Å². The third-order valence-electron chi connectivity index (χ3n) is 5.19. The van der Waals surface area contributed by atoms with Gasteiger partial charge in [-0.25, -0.2) is 0 Å². The minimum absolute atomic E-state index is 0.0366. The van der Waals surface area contributed by atoms with Crippen molar-refractivity contribution in [1.29, 1.82) is 0 Å². The molecule has 1 unspecified atom stereocenters. The van der Waals surface area contributed by atoms with Gasteiger partial charge in [0.05, 0.1) is 12.5 Å². The van der Waals surface area contributed by atoms with E-state index >= 15 is 0 Å². The van der Waals surface area contributed by atoms with E-state index in [1.165, 1.54) is 0 Å². The lowest BCUT2D eigenvalue weighted by molar-refractivity contribution is -0.117. The van der Waals surface area contributed by atoms with Crippen LogP contribution in [0.15, 0.2) is 72.8 Å². The Morgan fingerprint density at radius 2 is 1.72 bits per heavy atom. The Hall–Kier alpha value is -3.11. The molecule has 0 aliphatic carbocycles. The predicted molar refractivity (Wildman–Crippen MR) is 115 cm³/mol. The number of halogens is 1. The number of nitrogens with one attached hydrogen (secondary N) is 1. The number of nitrogens with zero attached hydrogens (tertiary/aromatic N) is 1. The molecule has 2 amide bonds. The molecule has 1 heterocycles. The van der Waals surface area contributed by atoms with Gasteiger partial charge in [-0.15, -0.1) is 0 Å². The molecule has 1 aliphatic rings. The van der Waals surface area contributed by atoms with Crippen LogP contribution in [0.2, 0.25) is 5.02 Å². The first-order chi connectivity index (χ1) is 14.0. The molecular weight excluding hydrogens is 384 g/mol. The van der Waals surface area contributed by atoms with Crippen LogP contribution in [0.1, 0.15) is 39.5 Å². The molecule has 0 bridgehead atoms. The standard InChI is InChI=1S/C24H21ClN2O2/c1-16-6-8-17(9-7-16)22(14-23(28)26-20-12-10-19(25)11-13-20)27-15-18-4-2-3-5-21(18)24(27)29/h2-13,22H,14-15H2,1H3,(H,26,28). The predicted octanol–water partition coefficient (Wildman–Crippen LogP) is 5.37. The molecule has 0 saturated carbocycles. The Labute approximate surface area is 175 Å². The van der Waals surface area contributed by atoms with E-state index < -0.39 is 0 Å². The van der Waals surface area contributed by atoms with E-state index in [1.54, 1.807) is 29.2 Å². The first-order valence-corrected chi connectivity index (χ1v) is 9.90. The van der Waals surface area contributed by atoms with Crippen molar-refractivity contribution in [3.8, 4) is 0 Å². The maximum Gasteiger partial charge on any atom is 0.255 e. The Kier molecular flexibility index (Phi) is 5.36. The van der Waals surface area contributed by atoms with Crippen molar-refractivity contribution in [3.63, 3.8) is 0 Å². The Balaban J connectivity index is 1.59. The number of fused-ring (bicyclic) bond motifs is 1. The van der Waals surface area contributed by atoms with Gasteiger partial charge in [0.2, 0.25) is 5.91 Å². The van der Waals surface area contributed by atoms with Gasteiger partial charge in [0.25, 0.3) is 5.91 Å². The van der Waals surface area contributed by atoms with E-state index in [2.05, 4.69) is 5.32 Å². The number of carbonyl (C=O) groups excluding carboxylic acids is 2. The fourth-order valence-corrected chi connectivity index (χ4v) is 3.77. The molecule has 1 N–H and O–H groups in total. The SMILES string of the molecule is Cc1ccc(C(CC(=O)Nc2ccc(Cl)cc2)N2Cc3ccccc3C2=O)cc1. The number of rotatable bonds is 5. The summed E-state index contributed by atoms with van der Waals surface area (Å²) >= 11 is 5.91. The number of hydrogen-bond donors (Lipinski definition) is 1. The fourth-order valence-electron chi connectivity index (χ4n) is 3.65. The summed E-state index contributed by atoms with van der Waals surface area (Å²) in [4.78, 5) is 27.6. The second-order valence-electron chi connectivity index (χ2n) is 7.28. The first-order valence-electron chi connectivity index (χ1n) is 9.52. The average molecular weight is 405 g/mol. The van der Waals surface area contributed by atoms with Crippen molar-refractivity contribution in [2.45, 2.75) is 25.9 Å². The van der Waals surface area contributed by atoms with Gasteiger partial charge in [0.15, 0.2) is 0 Å². The molecule has 4 rings (SSSR count). The summed E-state index contributed by atoms with van der Waals surface area (Å²) in [6.45, 7) is 2.52. The number of hydrogen-bond acceptors (Lipinski definition) is 2. The highest BCUT2D eigenvalue weighted by Gasteiger charge is 2.34. The lowest BCUT2D eigenvalue weighted by atomic mass is 10.00. The quantitative estimate of drug-likeness (QED) is 0.621. The number of aryl methyl sites for hydroxylation is 1. The Morgan fingerprint density at radius 1 is 1.03 bits per heavy atom. The topological polar surface area (TPSA) is 49.4 Å². The van der Waals surface area contributed by atoms with E-state index in [0.717, 1.165) is 16.7 Å². The highest BCUT2D eigenvalue weighted by molar-refractivity contribution is 6.30. The Bertz CT molecular complexity index is 1050. The van der Waals surface area contributed by atoms with E-state index in [-0.39, 0.29) is 24.3 Å². The van der Waals surface area contributed by atoms with Gasteiger partial charge >= 0.3 is 0 Å². The molecular formula is C24H21ClN2O2. The number of amides is 2. The molecule has 0 spiro atoms. The summed E-state index contributed by atoms with van der Waals surface area (Å²) in [6.07, 6.45) is 0.172. The summed E-state index contributed by atoms with van der Waals surface area (Å²) in [5.74, 6) is -0.188. The van der Waals surface area contributed by atoms with Crippen molar-refractivity contribution in [3.05, 3.63) is 100 Å². The molecule has 1 atom stereocenters. The average Bonchev–Trinajstić information content (AvgIpc) is 3.05. The zero-order valence-electron chi connectivity index (χ0n) is 16.1. The van der Waals surface area contributed by atoms with E-state index in [4.69, 9.17) is 11.6 Å². The van der Waals surface area contributed by atoms with Crippen LogP contribution in [-0.4, -0.2) is 16.7 Å². The zero-order valence-corrected chi connectivity index (χ0v) is 16.8. The van der Waals surface area contributed by atoms with E-state index in [1.807, 2.05) is 55.5 Å². The second kappa shape index (κ2) is 8.10. The first kappa shape index (κ1) is 19.2. The molecule has 0 fully saturated rings. The maximum atomic E-state index is 13.0. The largest absolute Gasteiger partial charge is 0.327 e. The van der Waals surface area contributed by atoms with Gasteiger partial charge in [-0.2, -0.15) is 0 Å². The number of anilines is 1.